The monoisotopic (exact) mass is 455 g/mol. The minimum absolute atomic E-state index is 0.667. The number of unbranched alkanes of at least 4 members (excludes halogenated alkanes) is 4. The van der Waals surface area contributed by atoms with E-state index in [4.69, 9.17) is 0 Å². The fourth-order valence-electron chi connectivity index (χ4n) is 8.90. The molecule has 6 unspecified atom stereocenters. The van der Waals surface area contributed by atoms with Crippen LogP contribution in [0, 0.1) is 23.7 Å². The van der Waals surface area contributed by atoms with Gasteiger partial charge >= 0.3 is 0 Å². The Morgan fingerprint density at radius 1 is 0.848 bits per heavy atom. The molecular weight excluding hydrogens is 397 g/mol. The minimum Gasteiger partial charge on any atom is -0.337 e. The first-order valence-electron chi connectivity index (χ1n) is 15.4. The maximum Gasteiger partial charge on any atom is 0.230 e. The van der Waals surface area contributed by atoms with Gasteiger partial charge < -0.3 is 4.81 Å². The molecule has 3 aliphatic rings. The van der Waals surface area contributed by atoms with Crippen molar-refractivity contribution < 1.29 is 0 Å². The molecule has 3 aliphatic carbocycles. The zero-order valence-corrected chi connectivity index (χ0v) is 23.2. The Hall–Kier alpha value is -0.235. The van der Waals surface area contributed by atoms with Gasteiger partial charge in [0.1, 0.15) is 0 Å². The van der Waals surface area contributed by atoms with Crippen molar-refractivity contribution in [3.8, 4) is 0 Å². The van der Waals surface area contributed by atoms with Crippen LogP contribution < -0.4 is 0 Å². The third kappa shape index (κ3) is 7.14. The fraction of sp³-hybridized carbons (Fsp3) is 0.935. The number of fused-ring (bicyclic) bond motifs is 1. The first-order valence-corrected chi connectivity index (χ1v) is 15.4. The van der Waals surface area contributed by atoms with Crippen LogP contribution >= 0.6 is 0 Å². The number of allylic oxidation sites excluding steroid dienone is 1. The van der Waals surface area contributed by atoms with E-state index in [-0.39, 0.29) is 0 Å². The van der Waals surface area contributed by atoms with E-state index in [1.54, 1.807) is 12.8 Å². The summed E-state index contributed by atoms with van der Waals surface area (Å²) in [6.45, 7) is 17.1. The van der Waals surface area contributed by atoms with Gasteiger partial charge in [-0.1, -0.05) is 124 Å². The molecule has 1 nitrogen and oxygen atoms in total. The van der Waals surface area contributed by atoms with Gasteiger partial charge in [0.05, 0.1) is 0 Å². The normalized spacial score (nSPS) is 32.1. The number of hydrogen-bond donors (Lipinski definition) is 0. The van der Waals surface area contributed by atoms with Crippen LogP contribution in [0.5, 0.6) is 0 Å². The molecule has 0 spiro atoms. The van der Waals surface area contributed by atoms with Gasteiger partial charge in [0, 0.05) is 0 Å². The lowest BCUT2D eigenvalue weighted by molar-refractivity contribution is 0.212. The van der Waals surface area contributed by atoms with E-state index in [1.807, 2.05) is 0 Å². The Labute approximate surface area is 209 Å². The highest BCUT2D eigenvalue weighted by atomic mass is 15.1. The molecule has 0 aromatic carbocycles. The summed E-state index contributed by atoms with van der Waals surface area (Å²) in [5.74, 6) is 6.00. The van der Waals surface area contributed by atoms with Gasteiger partial charge in [0.15, 0.2) is 0 Å². The van der Waals surface area contributed by atoms with Gasteiger partial charge in [-0.05, 0) is 66.7 Å². The van der Waals surface area contributed by atoms with Crippen molar-refractivity contribution in [3.05, 3.63) is 12.7 Å². The molecular formula is C31H58BN. The van der Waals surface area contributed by atoms with Crippen molar-refractivity contribution in [2.24, 2.45) is 23.7 Å². The average molecular weight is 456 g/mol. The number of rotatable bonds is 14. The van der Waals surface area contributed by atoms with Crippen LogP contribution in [0.4, 0.5) is 0 Å². The molecule has 0 N–H and O–H groups in total. The molecule has 3 saturated carbocycles. The van der Waals surface area contributed by atoms with Gasteiger partial charge in [-0.25, -0.2) is 0 Å². The van der Waals surface area contributed by atoms with E-state index < -0.39 is 0 Å². The van der Waals surface area contributed by atoms with E-state index in [1.165, 1.54) is 89.9 Å². The lowest BCUT2D eigenvalue weighted by atomic mass is 9.37. The third-order valence-electron chi connectivity index (χ3n) is 10.1. The molecule has 0 amide bonds. The highest BCUT2D eigenvalue weighted by Gasteiger charge is 2.52. The van der Waals surface area contributed by atoms with E-state index in [9.17, 15) is 0 Å². The van der Waals surface area contributed by atoms with Crippen molar-refractivity contribution >= 4 is 6.85 Å². The van der Waals surface area contributed by atoms with E-state index in [0.717, 1.165) is 42.2 Å². The Bertz CT molecular complexity index is 549. The first kappa shape index (κ1) is 27.4. The van der Waals surface area contributed by atoms with E-state index in [2.05, 4.69) is 52.1 Å². The molecule has 0 aliphatic heterocycles. The predicted molar refractivity (Wildman–Crippen MR) is 149 cm³/mol. The second-order valence-electron chi connectivity index (χ2n) is 12.9. The van der Waals surface area contributed by atoms with Crippen LogP contribution in [0.25, 0.3) is 0 Å². The highest BCUT2D eigenvalue weighted by molar-refractivity contribution is 6.59. The topological polar surface area (TPSA) is 3.24 Å². The van der Waals surface area contributed by atoms with Crippen molar-refractivity contribution in [1.29, 1.82) is 0 Å². The molecule has 0 aromatic heterocycles. The molecule has 3 rings (SSSR count). The summed E-state index contributed by atoms with van der Waals surface area (Å²) in [4.78, 5) is 3.01. The molecule has 6 atom stereocenters. The molecule has 0 aromatic rings. The molecule has 3 fully saturated rings. The second kappa shape index (κ2) is 13.7. The lowest BCUT2D eigenvalue weighted by Crippen LogP contribution is -2.53. The van der Waals surface area contributed by atoms with Crippen LogP contribution in [0.1, 0.15) is 137 Å². The Kier molecular flexibility index (Phi) is 11.4. The number of hydrogen-bond acceptors (Lipinski definition) is 1. The molecule has 2 heteroatoms. The summed E-state index contributed by atoms with van der Waals surface area (Å²) in [5.41, 5.74) is 0. The summed E-state index contributed by atoms with van der Waals surface area (Å²) in [6, 6.07) is 1.33. The summed E-state index contributed by atoms with van der Waals surface area (Å²) in [7, 11) is 0. The summed E-state index contributed by atoms with van der Waals surface area (Å²) >= 11 is 0. The van der Waals surface area contributed by atoms with Gasteiger partial charge in [0.25, 0.3) is 0 Å². The Balaban J connectivity index is 1.77. The number of nitrogens with zero attached hydrogens (tertiary/aromatic N) is 1. The molecule has 0 saturated heterocycles. The van der Waals surface area contributed by atoms with Crippen molar-refractivity contribution in [2.45, 2.75) is 161 Å². The predicted octanol–water partition coefficient (Wildman–Crippen LogP) is 9.79. The van der Waals surface area contributed by atoms with Crippen molar-refractivity contribution in [3.63, 3.8) is 0 Å². The van der Waals surface area contributed by atoms with Crippen molar-refractivity contribution in [1.82, 2.24) is 4.81 Å². The van der Waals surface area contributed by atoms with E-state index in [0.29, 0.717) is 12.1 Å². The van der Waals surface area contributed by atoms with Crippen LogP contribution in [-0.2, 0) is 0 Å². The standard InChI is InChI=1S/C31H58BN/c1-7-9-11-13-17-27-23-31(30-19-15-14-18-29(27)30)32(33(24(3)4)25(5)6)28-21-20-26(22-28)16-12-10-8-2/h8,24-31H,2,7,9-23H2,1,3-6H3. The zero-order valence-electron chi connectivity index (χ0n) is 23.2. The maximum absolute atomic E-state index is 3.95. The minimum atomic E-state index is 0.667. The Morgan fingerprint density at radius 3 is 2.24 bits per heavy atom. The summed E-state index contributed by atoms with van der Waals surface area (Å²) < 4.78 is 0. The van der Waals surface area contributed by atoms with Gasteiger partial charge in [-0.3, -0.25) is 0 Å². The molecule has 33 heavy (non-hydrogen) atoms. The highest BCUT2D eigenvalue weighted by Crippen LogP contribution is 2.58. The van der Waals surface area contributed by atoms with Gasteiger partial charge in [-0.15, -0.1) is 6.58 Å². The summed E-state index contributed by atoms with van der Waals surface area (Å²) in [6.07, 6.45) is 25.6. The Morgan fingerprint density at radius 2 is 1.58 bits per heavy atom. The average Bonchev–Trinajstić information content (AvgIpc) is 3.40. The molecule has 0 heterocycles. The zero-order chi connectivity index (χ0) is 23.8. The first-order chi connectivity index (χ1) is 16.0. The summed E-state index contributed by atoms with van der Waals surface area (Å²) in [5, 5.41) is 0. The molecule has 190 valence electrons. The van der Waals surface area contributed by atoms with Crippen LogP contribution in [0.3, 0.4) is 0 Å². The van der Waals surface area contributed by atoms with Gasteiger partial charge in [-0.2, -0.15) is 0 Å². The fourth-order valence-corrected chi connectivity index (χ4v) is 8.90. The largest absolute Gasteiger partial charge is 0.337 e. The SMILES string of the molecule is C=CCCCC1CCC(B(C2CC(CCCCCC)C3CCCCC23)N(C(C)C)C(C)C)C1. The van der Waals surface area contributed by atoms with E-state index >= 15 is 0 Å². The molecule has 0 radical (unpaired) electrons. The third-order valence-corrected chi connectivity index (χ3v) is 10.1. The lowest BCUT2D eigenvalue weighted by Gasteiger charge is -2.45. The smallest absolute Gasteiger partial charge is 0.230 e. The van der Waals surface area contributed by atoms with Crippen LogP contribution in [-0.4, -0.2) is 23.7 Å². The second-order valence-corrected chi connectivity index (χ2v) is 12.9. The van der Waals surface area contributed by atoms with Crippen LogP contribution in [0.15, 0.2) is 12.7 Å². The van der Waals surface area contributed by atoms with Crippen molar-refractivity contribution in [2.75, 3.05) is 0 Å². The maximum atomic E-state index is 3.95. The van der Waals surface area contributed by atoms with Crippen LogP contribution in [0.2, 0.25) is 11.6 Å². The van der Waals surface area contributed by atoms with Gasteiger partial charge in [0.2, 0.25) is 6.85 Å². The molecule has 0 bridgehead atoms. The quantitative estimate of drug-likeness (QED) is 0.143.